The Morgan fingerprint density at radius 3 is 2.80 bits per heavy atom. The molecule has 0 unspecified atom stereocenters. The lowest BCUT2D eigenvalue weighted by Crippen LogP contribution is -2.39. The monoisotopic (exact) mass is 300 g/mol. The molecule has 0 spiro atoms. The minimum Gasteiger partial charge on any atom is -0.464 e. The maximum Gasteiger partial charge on any atom is 0.315 e. The fraction of sp³-hybridized carbons (Fsp3) is 0.615. The molecule has 112 valence electrons. The lowest BCUT2D eigenvalue weighted by Gasteiger charge is -2.14. The van der Waals surface area contributed by atoms with E-state index in [0.29, 0.717) is 18.7 Å². The molecule has 1 aliphatic rings. The van der Waals surface area contributed by atoms with Crippen LogP contribution in [0.3, 0.4) is 0 Å². The fourth-order valence-electron chi connectivity index (χ4n) is 2.27. The van der Waals surface area contributed by atoms with Crippen LogP contribution in [0.5, 0.6) is 0 Å². The molecule has 2 amide bonds. The highest BCUT2D eigenvalue weighted by Crippen LogP contribution is 2.18. The number of carbonyl (C=O) groups is 1. The van der Waals surface area contributed by atoms with Crippen LogP contribution in [-0.4, -0.2) is 32.5 Å². The zero-order valence-electron chi connectivity index (χ0n) is 11.7. The van der Waals surface area contributed by atoms with Crippen LogP contribution in [0.25, 0.3) is 0 Å². The van der Waals surface area contributed by atoms with Crippen molar-refractivity contribution in [3.63, 3.8) is 0 Å². The molecule has 0 saturated carbocycles. The highest BCUT2D eigenvalue weighted by atomic mass is 32.2. The van der Waals surface area contributed by atoms with Crippen molar-refractivity contribution < 1.29 is 17.6 Å². The van der Waals surface area contributed by atoms with Crippen LogP contribution < -0.4 is 10.6 Å². The number of carbonyl (C=O) groups excluding carboxylic acids is 1. The number of nitrogens with one attached hydrogen (secondary N) is 2. The summed E-state index contributed by atoms with van der Waals surface area (Å²) >= 11 is 0. The molecule has 1 fully saturated rings. The molecule has 2 rings (SSSR count). The van der Waals surface area contributed by atoms with E-state index in [0.717, 1.165) is 5.76 Å². The predicted octanol–water partition coefficient (Wildman–Crippen LogP) is 1.38. The van der Waals surface area contributed by atoms with Gasteiger partial charge in [-0.25, -0.2) is 13.2 Å². The van der Waals surface area contributed by atoms with Crippen molar-refractivity contribution in [2.75, 3.05) is 18.1 Å². The summed E-state index contributed by atoms with van der Waals surface area (Å²) in [5.41, 5.74) is 0. The van der Waals surface area contributed by atoms with Crippen LogP contribution >= 0.6 is 0 Å². The topological polar surface area (TPSA) is 88.4 Å². The van der Waals surface area contributed by atoms with Crippen LogP contribution in [0, 0.1) is 12.8 Å². The molecule has 20 heavy (non-hydrogen) atoms. The summed E-state index contributed by atoms with van der Waals surface area (Å²) in [6.07, 6.45) is 0.621. The maximum atomic E-state index is 11.7. The van der Waals surface area contributed by atoms with E-state index in [2.05, 4.69) is 10.6 Å². The summed E-state index contributed by atoms with van der Waals surface area (Å²) in [5.74, 6) is 1.90. The van der Waals surface area contributed by atoms with E-state index in [-0.39, 0.29) is 29.5 Å². The molecule has 6 nitrogen and oxygen atoms in total. The number of amides is 2. The standard InChI is InChI=1S/C13H20N2O4S/c1-9-3-4-12(19-9)10(2)15-13(16)14-7-11-5-6-20(17,18)8-11/h3-4,10-11H,5-8H2,1-2H3,(H2,14,15,16)/t10-,11-/m0/s1. The van der Waals surface area contributed by atoms with Crippen molar-refractivity contribution in [1.82, 2.24) is 10.6 Å². The molecule has 2 heterocycles. The SMILES string of the molecule is Cc1ccc([C@H](C)NC(=O)NC[C@@H]2CCS(=O)(=O)C2)o1. The molecule has 2 N–H and O–H groups in total. The summed E-state index contributed by atoms with van der Waals surface area (Å²) in [4.78, 5) is 11.7. The van der Waals surface area contributed by atoms with Gasteiger partial charge in [0.15, 0.2) is 9.84 Å². The number of urea groups is 1. The number of furan rings is 1. The average molecular weight is 300 g/mol. The number of sulfone groups is 1. The Morgan fingerprint density at radius 2 is 2.25 bits per heavy atom. The zero-order chi connectivity index (χ0) is 14.8. The van der Waals surface area contributed by atoms with E-state index in [1.54, 1.807) is 0 Å². The number of hydrogen-bond acceptors (Lipinski definition) is 4. The minimum atomic E-state index is -2.89. The molecule has 0 aliphatic carbocycles. The molecular weight excluding hydrogens is 280 g/mol. The first-order chi connectivity index (χ1) is 9.35. The van der Waals surface area contributed by atoms with Gasteiger partial charge in [0, 0.05) is 6.54 Å². The first-order valence-corrected chi connectivity index (χ1v) is 8.49. The molecule has 7 heteroatoms. The van der Waals surface area contributed by atoms with Crippen LogP contribution in [0.15, 0.2) is 16.5 Å². The summed E-state index contributed by atoms with van der Waals surface area (Å²) in [7, 11) is -2.89. The van der Waals surface area contributed by atoms with Crippen molar-refractivity contribution in [3.05, 3.63) is 23.7 Å². The van der Waals surface area contributed by atoms with Gasteiger partial charge in [-0.15, -0.1) is 0 Å². The second-order valence-corrected chi connectivity index (χ2v) is 7.52. The third-order valence-corrected chi connectivity index (χ3v) is 5.25. The van der Waals surface area contributed by atoms with E-state index < -0.39 is 9.84 Å². The third kappa shape index (κ3) is 4.00. The number of rotatable bonds is 4. The summed E-state index contributed by atoms with van der Waals surface area (Å²) in [6.45, 7) is 4.06. The summed E-state index contributed by atoms with van der Waals surface area (Å²) in [5, 5.41) is 5.47. The van der Waals surface area contributed by atoms with Crippen molar-refractivity contribution >= 4 is 15.9 Å². The highest BCUT2D eigenvalue weighted by molar-refractivity contribution is 7.91. The van der Waals surface area contributed by atoms with Gasteiger partial charge in [0.05, 0.1) is 17.5 Å². The molecule has 1 aromatic rings. The second-order valence-electron chi connectivity index (χ2n) is 5.29. The second kappa shape index (κ2) is 5.87. The van der Waals surface area contributed by atoms with Gasteiger partial charge >= 0.3 is 6.03 Å². The van der Waals surface area contributed by atoms with Gasteiger partial charge in [-0.2, -0.15) is 0 Å². The molecule has 1 saturated heterocycles. The van der Waals surface area contributed by atoms with E-state index in [1.165, 1.54) is 0 Å². The van der Waals surface area contributed by atoms with Gasteiger partial charge in [0.1, 0.15) is 11.5 Å². The normalized spacial score (nSPS) is 22.4. The Labute approximate surface area is 118 Å². The van der Waals surface area contributed by atoms with E-state index in [1.807, 2.05) is 26.0 Å². The summed E-state index contributed by atoms with van der Waals surface area (Å²) in [6, 6.07) is 3.13. The van der Waals surface area contributed by atoms with Crippen LogP contribution in [0.2, 0.25) is 0 Å². The van der Waals surface area contributed by atoms with Crippen molar-refractivity contribution in [2.45, 2.75) is 26.3 Å². The first-order valence-electron chi connectivity index (χ1n) is 6.67. The van der Waals surface area contributed by atoms with Gasteiger partial charge in [-0.3, -0.25) is 0 Å². The van der Waals surface area contributed by atoms with E-state index in [4.69, 9.17) is 4.42 Å². The molecule has 0 bridgehead atoms. The lowest BCUT2D eigenvalue weighted by atomic mass is 10.1. The van der Waals surface area contributed by atoms with Gasteiger partial charge in [0.25, 0.3) is 0 Å². The van der Waals surface area contributed by atoms with Crippen LogP contribution in [-0.2, 0) is 9.84 Å². The zero-order valence-corrected chi connectivity index (χ0v) is 12.5. The van der Waals surface area contributed by atoms with Gasteiger partial charge in [-0.1, -0.05) is 0 Å². The van der Waals surface area contributed by atoms with Gasteiger partial charge < -0.3 is 15.1 Å². The van der Waals surface area contributed by atoms with E-state index >= 15 is 0 Å². The minimum absolute atomic E-state index is 0.0203. The largest absolute Gasteiger partial charge is 0.464 e. The Morgan fingerprint density at radius 1 is 1.50 bits per heavy atom. The summed E-state index contributed by atoms with van der Waals surface area (Å²) < 4.78 is 28.0. The van der Waals surface area contributed by atoms with Crippen molar-refractivity contribution in [3.8, 4) is 0 Å². The molecule has 2 atom stereocenters. The maximum absolute atomic E-state index is 11.7. The lowest BCUT2D eigenvalue weighted by molar-refractivity contribution is 0.234. The molecule has 0 aromatic carbocycles. The average Bonchev–Trinajstić information content (AvgIpc) is 2.93. The third-order valence-electron chi connectivity index (χ3n) is 3.41. The predicted molar refractivity (Wildman–Crippen MR) is 75.2 cm³/mol. The van der Waals surface area contributed by atoms with Gasteiger partial charge in [0.2, 0.25) is 0 Å². The Kier molecular flexibility index (Phi) is 4.37. The smallest absolute Gasteiger partial charge is 0.315 e. The molecule has 0 radical (unpaired) electrons. The van der Waals surface area contributed by atoms with Gasteiger partial charge in [-0.05, 0) is 38.3 Å². The Balaban J connectivity index is 1.76. The van der Waals surface area contributed by atoms with Crippen LogP contribution in [0.1, 0.15) is 30.9 Å². The molecular formula is C13H20N2O4S. The fourth-order valence-corrected chi connectivity index (χ4v) is 4.14. The number of aryl methyl sites for hydroxylation is 1. The Bertz CT molecular complexity index is 579. The first kappa shape index (κ1) is 14.9. The van der Waals surface area contributed by atoms with Crippen LogP contribution in [0.4, 0.5) is 4.79 Å². The van der Waals surface area contributed by atoms with Crippen molar-refractivity contribution in [1.29, 1.82) is 0 Å². The highest BCUT2D eigenvalue weighted by Gasteiger charge is 2.28. The quantitative estimate of drug-likeness (QED) is 0.879. The van der Waals surface area contributed by atoms with Crippen molar-refractivity contribution in [2.24, 2.45) is 5.92 Å². The van der Waals surface area contributed by atoms with E-state index in [9.17, 15) is 13.2 Å². The molecule has 1 aliphatic heterocycles. The Hall–Kier alpha value is -1.50. The molecule has 1 aromatic heterocycles. The number of hydrogen-bond donors (Lipinski definition) is 2.